The van der Waals surface area contributed by atoms with E-state index in [0.29, 0.717) is 61.8 Å². The summed E-state index contributed by atoms with van der Waals surface area (Å²) in [4.78, 5) is 41.3. The number of benzene rings is 1. The van der Waals surface area contributed by atoms with Gasteiger partial charge in [0.25, 0.3) is 11.5 Å². The maximum absolute atomic E-state index is 13.5. The number of nitrogens with zero attached hydrogens (tertiary/aromatic N) is 2. The minimum absolute atomic E-state index is 0.0273. The number of fused-ring (bicyclic) bond motifs is 1. The van der Waals surface area contributed by atoms with Crippen molar-refractivity contribution in [2.24, 2.45) is 5.41 Å². The lowest BCUT2D eigenvalue weighted by Gasteiger charge is -2.33. The second-order valence-corrected chi connectivity index (χ2v) is 8.60. The number of rotatable bonds is 3. The Labute approximate surface area is 175 Å². The summed E-state index contributed by atoms with van der Waals surface area (Å²) in [6.45, 7) is 5.78. The van der Waals surface area contributed by atoms with Crippen molar-refractivity contribution in [2.75, 3.05) is 33.4 Å². The fraction of sp³-hybridized carbons (Fsp3) is 0.435. The number of hydrogen-bond acceptors (Lipinski definition) is 5. The normalized spacial score (nSPS) is 18.1. The largest absolute Gasteiger partial charge is 0.497 e. The molecule has 2 heterocycles. The van der Waals surface area contributed by atoms with Crippen molar-refractivity contribution >= 4 is 11.7 Å². The molecule has 1 aliphatic heterocycles. The van der Waals surface area contributed by atoms with Gasteiger partial charge in [-0.1, -0.05) is 13.8 Å². The Morgan fingerprint density at radius 2 is 1.73 bits per heavy atom. The van der Waals surface area contributed by atoms with Gasteiger partial charge in [0.2, 0.25) is 0 Å². The van der Waals surface area contributed by atoms with Gasteiger partial charge in [-0.05, 0) is 42.2 Å². The molecule has 1 aliphatic carbocycles. The number of amides is 1. The number of carbonyl (C=O) groups is 2. The minimum Gasteiger partial charge on any atom is -0.497 e. The molecule has 0 N–H and O–H groups in total. The molecule has 4 rings (SSSR count). The molecular formula is C23H26N2O5. The molecule has 0 radical (unpaired) electrons. The summed E-state index contributed by atoms with van der Waals surface area (Å²) >= 11 is 0. The SMILES string of the molecule is COc1ccc(-n2c3c(cc(C(=O)N4CCOCC4)c2=O)C(=O)CC(C)(C)C3)cc1. The number of morpholine rings is 1. The molecule has 7 heteroatoms. The first-order valence-electron chi connectivity index (χ1n) is 10.1. The molecule has 2 aliphatic rings. The van der Waals surface area contributed by atoms with Crippen LogP contribution in [0.5, 0.6) is 5.75 Å². The van der Waals surface area contributed by atoms with E-state index < -0.39 is 5.56 Å². The number of aromatic nitrogens is 1. The van der Waals surface area contributed by atoms with E-state index in [2.05, 4.69) is 0 Å². The second kappa shape index (κ2) is 7.72. The third-order valence-electron chi connectivity index (χ3n) is 5.75. The van der Waals surface area contributed by atoms with E-state index in [4.69, 9.17) is 9.47 Å². The van der Waals surface area contributed by atoms with E-state index in [1.165, 1.54) is 10.6 Å². The molecule has 1 aromatic carbocycles. The molecule has 1 amide bonds. The van der Waals surface area contributed by atoms with E-state index in [0.717, 1.165) is 0 Å². The van der Waals surface area contributed by atoms with Crippen molar-refractivity contribution in [3.05, 3.63) is 57.5 Å². The third-order valence-corrected chi connectivity index (χ3v) is 5.75. The Bertz CT molecular complexity index is 1050. The number of pyridine rings is 1. The molecular weight excluding hydrogens is 384 g/mol. The average molecular weight is 410 g/mol. The molecule has 0 spiro atoms. The molecule has 30 heavy (non-hydrogen) atoms. The fourth-order valence-electron chi connectivity index (χ4n) is 4.21. The monoisotopic (exact) mass is 410 g/mol. The number of ketones is 1. The van der Waals surface area contributed by atoms with Crippen molar-refractivity contribution in [1.29, 1.82) is 0 Å². The van der Waals surface area contributed by atoms with Crippen LogP contribution in [0, 0.1) is 5.41 Å². The minimum atomic E-state index is -0.402. The summed E-state index contributed by atoms with van der Waals surface area (Å²) in [6.07, 6.45) is 0.952. The Balaban J connectivity index is 1.91. The Kier molecular flexibility index (Phi) is 5.24. The lowest BCUT2D eigenvalue weighted by molar-refractivity contribution is 0.0301. The van der Waals surface area contributed by atoms with E-state index in [1.54, 1.807) is 36.3 Å². The third kappa shape index (κ3) is 3.65. The quantitative estimate of drug-likeness (QED) is 0.777. The molecule has 0 unspecified atom stereocenters. The molecule has 1 aromatic heterocycles. The van der Waals surface area contributed by atoms with Crippen LogP contribution in [-0.4, -0.2) is 54.6 Å². The number of hydrogen-bond donors (Lipinski definition) is 0. The maximum Gasteiger partial charge on any atom is 0.268 e. The lowest BCUT2D eigenvalue weighted by atomic mass is 9.75. The predicted molar refractivity (Wildman–Crippen MR) is 112 cm³/mol. The summed E-state index contributed by atoms with van der Waals surface area (Å²) in [5.41, 5.74) is 1.09. The Hall–Kier alpha value is -2.93. The van der Waals surface area contributed by atoms with Gasteiger partial charge in [-0.3, -0.25) is 19.0 Å². The van der Waals surface area contributed by atoms with Crippen molar-refractivity contribution in [3.8, 4) is 11.4 Å². The van der Waals surface area contributed by atoms with E-state index in [9.17, 15) is 14.4 Å². The van der Waals surface area contributed by atoms with Gasteiger partial charge < -0.3 is 14.4 Å². The van der Waals surface area contributed by atoms with Gasteiger partial charge >= 0.3 is 0 Å². The van der Waals surface area contributed by atoms with Crippen LogP contribution in [-0.2, 0) is 11.2 Å². The van der Waals surface area contributed by atoms with Crippen LogP contribution >= 0.6 is 0 Å². The smallest absolute Gasteiger partial charge is 0.268 e. The molecule has 0 bridgehead atoms. The molecule has 0 saturated carbocycles. The Morgan fingerprint density at radius 1 is 1.07 bits per heavy atom. The van der Waals surface area contributed by atoms with Gasteiger partial charge in [-0.25, -0.2) is 0 Å². The Morgan fingerprint density at radius 3 is 2.37 bits per heavy atom. The zero-order valence-electron chi connectivity index (χ0n) is 17.6. The number of Topliss-reactive ketones (excluding diaryl/α,β-unsaturated/α-hetero) is 1. The van der Waals surface area contributed by atoms with Crippen molar-refractivity contribution < 1.29 is 19.1 Å². The summed E-state index contributed by atoms with van der Waals surface area (Å²) in [5.74, 6) is 0.267. The molecule has 7 nitrogen and oxygen atoms in total. The second-order valence-electron chi connectivity index (χ2n) is 8.60. The van der Waals surface area contributed by atoms with Gasteiger partial charge in [-0.15, -0.1) is 0 Å². The summed E-state index contributed by atoms with van der Waals surface area (Å²) < 4.78 is 12.1. The maximum atomic E-state index is 13.5. The highest BCUT2D eigenvalue weighted by atomic mass is 16.5. The number of methoxy groups -OCH3 is 1. The number of ether oxygens (including phenoxy) is 2. The molecule has 0 atom stereocenters. The summed E-state index contributed by atoms with van der Waals surface area (Å²) in [6, 6.07) is 8.58. The predicted octanol–water partition coefficient (Wildman–Crippen LogP) is 2.47. The fourth-order valence-corrected chi connectivity index (χ4v) is 4.21. The molecule has 1 saturated heterocycles. The zero-order valence-corrected chi connectivity index (χ0v) is 17.6. The zero-order chi connectivity index (χ0) is 21.5. The molecule has 2 aromatic rings. The van der Waals surface area contributed by atoms with Crippen LogP contribution in [0.15, 0.2) is 35.1 Å². The van der Waals surface area contributed by atoms with Crippen LogP contribution in [0.1, 0.15) is 46.7 Å². The van der Waals surface area contributed by atoms with Crippen molar-refractivity contribution in [3.63, 3.8) is 0 Å². The van der Waals surface area contributed by atoms with Gasteiger partial charge in [0.05, 0.1) is 20.3 Å². The standard InChI is InChI=1S/C23H26N2O5/c1-23(2)13-19-17(20(26)14-23)12-18(21(27)24-8-10-30-11-9-24)22(28)25(19)15-4-6-16(29-3)7-5-15/h4-7,12H,8-11,13-14H2,1-3H3. The lowest BCUT2D eigenvalue weighted by Crippen LogP contribution is -2.44. The van der Waals surface area contributed by atoms with E-state index in [-0.39, 0.29) is 22.7 Å². The first-order chi connectivity index (χ1) is 14.3. The van der Waals surface area contributed by atoms with Crippen LogP contribution in [0.4, 0.5) is 0 Å². The van der Waals surface area contributed by atoms with Crippen LogP contribution in [0.2, 0.25) is 0 Å². The van der Waals surface area contributed by atoms with Gasteiger partial charge in [0.1, 0.15) is 11.3 Å². The van der Waals surface area contributed by atoms with E-state index >= 15 is 0 Å². The van der Waals surface area contributed by atoms with E-state index in [1.807, 2.05) is 13.8 Å². The number of carbonyl (C=O) groups excluding carboxylic acids is 2. The van der Waals surface area contributed by atoms with Gasteiger partial charge in [-0.2, -0.15) is 0 Å². The van der Waals surface area contributed by atoms with Crippen LogP contribution < -0.4 is 10.3 Å². The molecule has 1 fully saturated rings. The summed E-state index contributed by atoms with van der Waals surface area (Å²) in [7, 11) is 1.58. The summed E-state index contributed by atoms with van der Waals surface area (Å²) in [5, 5.41) is 0. The highest BCUT2D eigenvalue weighted by Gasteiger charge is 2.35. The topological polar surface area (TPSA) is 77.8 Å². The molecule has 158 valence electrons. The first kappa shape index (κ1) is 20.3. The highest BCUT2D eigenvalue weighted by Crippen LogP contribution is 2.35. The van der Waals surface area contributed by atoms with Crippen molar-refractivity contribution in [2.45, 2.75) is 26.7 Å². The first-order valence-corrected chi connectivity index (χ1v) is 10.1. The van der Waals surface area contributed by atoms with Crippen LogP contribution in [0.25, 0.3) is 5.69 Å². The van der Waals surface area contributed by atoms with Gasteiger partial charge in [0.15, 0.2) is 5.78 Å². The highest BCUT2D eigenvalue weighted by molar-refractivity contribution is 6.02. The van der Waals surface area contributed by atoms with Gasteiger partial charge in [0, 0.05) is 36.5 Å². The van der Waals surface area contributed by atoms with Crippen LogP contribution in [0.3, 0.4) is 0 Å². The average Bonchev–Trinajstić information content (AvgIpc) is 2.73. The van der Waals surface area contributed by atoms with Crippen molar-refractivity contribution in [1.82, 2.24) is 9.47 Å².